The molecule has 0 saturated carbocycles. The summed E-state index contributed by atoms with van der Waals surface area (Å²) in [4.78, 5) is 19.5. The van der Waals surface area contributed by atoms with Gasteiger partial charge < -0.3 is 14.5 Å². The van der Waals surface area contributed by atoms with Crippen molar-refractivity contribution in [2.45, 2.75) is 26.0 Å². The molecule has 3 rings (SSSR count). The Kier molecular flexibility index (Phi) is 5.87. The zero-order chi connectivity index (χ0) is 16.9. The number of piperazine rings is 1. The minimum atomic E-state index is 0.118. The van der Waals surface area contributed by atoms with Crippen LogP contribution in [-0.4, -0.2) is 79.6 Å². The lowest BCUT2D eigenvalue weighted by Gasteiger charge is -2.32. The zero-order valence-electron chi connectivity index (χ0n) is 14.9. The van der Waals surface area contributed by atoms with Gasteiger partial charge in [-0.3, -0.25) is 9.69 Å². The van der Waals surface area contributed by atoms with Crippen LogP contribution >= 0.6 is 0 Å². The second-order valence-electron chi connectivity index (χ2n) is 7.06. The number of likely N-dealkylation sites (N-methyl/N-ethyl adjacent to an activating group) is 1. The number of amides is 1. The summed E-state index contributed by atoms with van der Waals surface area (Å²) in [5, 5.41) is 0. The smallest absolute Gasteiger partial charge is 0.253 e. The summed E-state index contributed by atoms with van der Waals surface area (Å²) in [5.41, 5.74) is 2.06. The second-order valence-corrected chi connectivity index (χ2v) is 7.06. The van der Waals surface area contributed by atoms with Crippen molar-refractivity contribution in [2.75, 3.05) is 52.9 Å². The molecule has 1 aromatic carbocycles. The Balaban J connectivity index is 1.58. The highest BCUT2D eigenvalue weighted by Crippen LogP contribution is 2.14. The molecule has 0 aliphatic carbocycles. The summed E-state index contributed by atoms with van der Waals surface area (Å²) in [6.45, 7) is 9.70. The van der Waals surface area contributed by atoms with Crippen molar-refractivity contribution in [3.63, 3.8) is 0 Å². The largest absolute Gasteiger partial charge is 0.377 e. The van der Waals surface area contributed by atoms with Crippen molar-refractivity contribution in [1.29, 1.82) is 0 Å². The van der Waals surface area contributed by atoms with Gasteiger partial charge in [-0.25, -0.2) is 0 Å². The topological polar surface area (TPSA) is 36.0 Å². The van der Waals surface area contributed by atoms with Gasteiger partial charge >= 0.3 is 0 Å². The molecule has 2 aliphatic heterocycles. The minimum Gasteiger partial charge on any atom is -0.377 e. The Labute approximate surface area is 145 Å². The molecular formula is C19H29N3O2. The molecule has 24 heavy (non-hydrogen) atoms. The molecule has 2 aliphatic rings. The first-order valence-corrected chi connectivity index (χ1v) is 9.02. The molecule has 5 nitrogen and oxygen atoms in total. The number of carbonyl (C=O) groups is 1. The average Bonchev–Trinajstić information content (AvgIpc) is 2.81. The van der Waals surface area contributed by atoms with Gasteiger partial charge in [0.15, 0.2) is 0 Å². The fourth-order valence-electron chi connectivity index (χ4n) is 3.38. The van der Waals surface area contributed by atoms with Crippen LogP contribution in [0.4, 0.5) is 0 Å². The van der Waals surface area contributed by atoms with Gasteiger partial charge in [-0.2, -0.15) is 0 Å². The molecule has 2 heterocycles. The maximum atomic E-state index is 12.7. The first kappa shape index (κ1) is 17.4. The number of carbonyl (C=O) groups excluding carboxylic acids is 1. The molecule has 0 aromatic heterocycles. The third kappa shape index (κ3) is 4.56. The molecule has 0 radical (unpaired) electrons. The van der Waals surface area contributed by atoms with E-state index in [9.17, 15) is 4.79 Å². The molecule has 0 N–H and O–H groups in total. The van der Waals surface area contributed by atoms with Crippen molar-refractivity contribution >= 4 is 5.91 Å². The Morgan fingerprint density at radius 3 is 2.54 bits per heavy atom. The summed E-state index contributed by atoms with van der Waals surface area (Å²) in [5.74, 6) is 0.124. The fourth-order valence-corrected chi connectivity index (χ4v) is 3.38. The Bertz CT molecular complexity index is 538. The van der Waals surface area contributed by atoms with Crippen LogP contribution in [0.25, 0.3) is 0 Å². The Hall–Kier alpha value is -1.43. The van der Waals surface area contributed by atoms with Gasteiger partial charge in [0.1, 0.15) is 0 Å². The molecular weight excluding hydrogens is 302 g/mol. The molecule has 0 spiro atoms. The summed E-state index contributed by atoms with van der Waals surface area (Å²) in [6.07, 6.45) is 1.03. The van der Waals surface area contributed by atoms with E-state index in [-0.39, 0.29) is 12.0 Å². The zero-order valence-corrected chi connectivity index (χ0v) is 14.9. The van der Waals surface area contributed by atoms with Crippen molar-refractivity contribution in [3.05, 3.63) is 35.4 Å². The summed E-state index contributed by atoms with van der Waals surface area (Å²) in [7, 11) is 2.17. The van der Waals surface area contributed by atoms with Gasteiger partial charge in [-0.05, 0) is 38.1 Å². The maximum absolute atomic E-state index is 12.7. The second kappa shape index (κ2) is 8.10. The molecule has 2 saturated heterocycles. The number of ether oxygens (including phenoxy) is 1. The molecule has 132 valence electrons. The number of rotatable bonds is 3. The Morgan fingerprint density at radius 1 is 1.12 bits per heavy atom. The molecule has 0 bridgehead atoms. The van der Waals surface area contributed by atoms with Crippen LogP contribution in [0, 0.1) is 0 Å². The summed E-state index contributed by atoms with van der Waals surface area (Å²) < 4.78 is 5.63. The predicted molar refractivity (Wildman–Crippen MR) is 95.2 cm³/mol. The van der Waals surface area contributed by atoms with Crippen LogP contribution in [-0.2, 0) is 11.3 Å². The fraction of sp³-hybridized carbons (Fsp3) is 0.632. The van der Waals surface area contributed by atoms with Gasteiger partial charge in [-0.1, -0.05) is 12.1 Å². The van der Waals surface area contributed by atoms with E-state index in [0.29, 0.717) is 6.54 Å². The molecule has 0 unspecified atom stereocenters. The van der Waals surface area contributed by atoms with Crippen LogP contribution in [0.5, 0.6) is 0 Å². The monoisotopic (exact) mass is 331 g/mol. The van der Waals surface area contributed by atoms with E-state index >= 15 is 0 Å². The van der Waals surface area contributed by atoms with Crippen molar-refractivity contribution in [2.24, 2.45) is 0 Å². The van der Waals surface area contributed by atoms with Crippen LogP contribution in [0.3, 0.4) is 0 Å². The highest BCUT2D eigenvalue weighted by Gasteiger charge is 2.21. The van der Waals surface area contributed by atoms with E-state index in [2.05, 4.69) is 29.0 Å². The van der Waals surface area contributed by atoms with E-state index in [1.54, 1.807) is 0 Å². The lowest BCUT2D eigenvalue weighted by molar-refractivity contribution is 0.0562. The van der Waals surface area contributed by atoms with E-state index in [0.717, 1.165) is 57.9 Å². The third-order valence-corrected chi connectivity index (χ3v) is 4.94. The number of hydrogen-bond acceptors (Lipinski definition) is 4. The lowest BCUT2D eigenvalue weighted by Crippen LogP contribution is -2.43. The summed E-state index contributed by atoms with van der Waals surface area (Å²) in [6, 6.07) is 8.15. The molecule has 1 aromatic rings. The van der Waals surface area contributed by atoms with Crippen molar-refractivity contribution in [1.82, 2.24) is 14.7 Å². The maximum Gasteiger partial charge on any atom is 0.253 e. The number of nitrogens with zero attached hydrogens (tertiary/aromatic N) is 3. The molecule has 1 amide bonds. The number of benzene rings is 1. The van der Waals surface area contributed by atoms with Crippen LogP contribution < -0.4 is 0 Å². The van der Waals surface area contributed by atoms with Gasteiger partial charge in [0.25, 0.3) is 5.91 Å². The standard InChI is InChI=1S/C19H29N3O2/c1-16-14-22(8-3-13-24-16)19(23)18-6-4-17(5-7-18)15-21-11-9-20(2)10-12-21/h4-7,16H,3,8-15H2,1-2H3/t16-/m0/s1. The molecule has 5 heteroatoms. The first-order valence-electron chi connectivity index (χ1n) is 9.02. The van der Waals surface area contributed by atoms with Gasteiger partial charge in [-0.15, -0.1) is 0 Å². The van der Waals surface area contributed by atoms with E-state index in [1.165, 1.54) is 5.56 Å². The SMILES string of the molecule is C[C@H]1CN(C(=O)c2ccc(CN3CCN(C)CC3)cc2)CCCO1. The highest BCUT2D eigenvalue weighted by molar-refractivity contribution is 5.94. The van der Waals surface area contributed by atoms with Crippen molar-refractivity contribution in [3.8, 4) is 0 Å². The van der Waals surface area contributed by atoms with E-state index < -0.39 is 0 Å². The van der Waals surface area contributed by atoms with E-state index in [4.69, 9.17) is 4.74 Å². The molecule has 2 fully saturated rings. The molecule has 1 atom stereocenters. The third-order valence-electron chi connectivity index (χ3n) is 4.94. The van der Waals surface area contributed by atoms with Crippen LogP contribution in [0.2, 0.25) is 0 Å². The summed E-state index contributed by atoms with van der Waals surface area (Å²) >= 11 is 0. The quantitative estimate of drug-likeness (QED) is 0.844. The van der Waals surface area contributed by atoms with Crippen LogP contribution in [0.15, 0.2) is 24.3 Å². The normalized spacial score (nSPS) is 23.9. The number of hydrogen-bond donors (Lipinski definition) is 0. The lowest BCUT2D eigenvalue weighted by atomic mass is 10.1. The van der Waals surface area contributed by atoms with E-state index in [1.807, 2.05) is 24.0 Å². The Morgan fingerprint density at radius 2 is 1.83 bits per heavy atom. The van der Waals surface area contributed by atoms with Crippen molar-refractivity contribution < 1.29 is 9.53 Å². The highest BCUT2D eigenvalue weighted by atomic mass is 16.5. The van der Waals surface area contributed by atoms with Gasteiger partial charge in [0.2, 0.25) is 0 Å². The minimum absolute atomic E-state index is 0.118. The van der Waals surface area contributed by atoms with Gasteiger partial charge in [0.05, 0.1) is 6.10 Å². The average molecular weight is 331 g/mol. The predicted octanol–water partition coefficient (Wildman–Crippen LogP) is 1.68. The van der Waals surface area contributed by atoms with Crippen LogP contribution in [0.1, 0.15) is 29.3 Å². The first-order chi connectivity index (χ1) is 11.6. The van der Waals surface area contributed by atoms with Gasteiger partial charge in [0, 0.05) is 58.0 Å².